The van der Waals surface area contributed by atoms with Crippen molar-refractivity contribution in [1.29, 1.82) is 0 Å². The molecule has 1 aromatic rings. The molecular weight excluding hydrogens is 250 g/mol. The van der Waals surface area contributed by atoms with Crippen molar-refractivity contribution in [1.82, 2.24) is 15.1 Å². The highest BCUT2D eigenvalue weighted by Crippen LogP contribution is 2.26. The first-order valence-corrected chi connectivity index (χ1v) is 5.06. The van der Waals surface area contributed by atoms with Gasteiger partial charge in [-0.05, 0) is 22.0 Å². The summed E-state index contributed by atoms with van der Waals surface area (Å²) in [6.45, 7) is 1.32. The molecule has 2 rings (SSSR count). The Balaban J connectivity index is 2.24. The lowest BCUT2D eigenvalue weighted by Gasteiger charge is -2.41. The summed E-state index contributed by atoms with van der Waals surface area (Å²) in [4.78, 5) is 10.7. The minimum Gasteiger partial charge on any atom is -0.481 e. The van der Waals surface area contributed by atoms with E-state index in [9.17, 15) is 4.79 Å². The lowest BCUT2D eigenvalue weighted by molar-refractivity contribution is -0.140. The summed E-state index contributed by atoms with van der Waals surface area (Å²) in [5, 5.41) is 16.1. The molecule has 5 nitrogen and oxygen atoms in total. The van der Waals surface area contributed by atoms with Gasteiger partial charge in [-0.2, -0.15) is 5.10 Å². The monoisotopic (exact) mass is 259 g/mol. The van der Waals surface area contributed by atoms with Gasteiger partial charge in [0.2, 0.25) is 0 Å². The van der Waals surface area contributed by atoms with Gasteiger partial charge >= 0.3 is 5.97 Å². The van der Waals surface area contributed by atoms with E-state index in [2.05, 4.69) is 26.3 Å². The molecule has 1 fully saturated rings. The van der Waals surface area contributed by atoms with E-state index >= 15 is 0 Å². The normalized spacial score (nSPS) is 18.9. The number of rotatable bonds is 3. The first kappa shape index (κ1) is 9.67. The van der Waals surface area contributed by atoms with Crippen molar-refractivity contribution in [3.05, 3.63) is 16.9 Å². The van der Waals surface area contributed by atoms with Crippen molar-refractivity contribution in [2.75, 3.05) is 13.1 Å². The van der Waals surface area contributed by atoms with E-state index < -0.39 is 5.97 Å². The zero-order valence-corrected chi connectivity index (χ0v) is 8.99. The predicted molar refractivity (Wildman–Crippen MR) is 53.0 cm³/mol. The van der Waals surface area contributed by atoms with Gasteiger partial charge in [0.15, 0.2) is 0 Å². The van der Waals surface area contributed by atoms with E-state index in [0.29, 0.717) is 13.1 Å². The Morgan fingerprint density at radius 1 is 1.79 bits per heavy atom. The van der Waals surface area contributed by atoms with Crippen LogP contribution in [0.1, 0.15) is 6.42 Å². The molecule has 0 radical (unpaired) electrons. The van der Waals surface area contributed by atoms with E-state index in [4.69, 9.17) is 5.11 Å². The highest BCUT2D eigenvalue weighted by Gasteiger charge is 2.41. The fraction of sp³-hybridized carbons (Fsp3) is 0.500. The summed E-state index contributed by atoms with van der Waals surface area (Å²) in [5.74, 6) is -0.793. The number of hydrogen-bond donors (Lipinski definition) is 2. The second-order valence-electron chi connectivity index (χ2n) is 3.48. The molecule has 0 spiro atoms. The molecule has 0 amide bonds. The molecule has 0 unspecified atom stereocenters. The smallest absolute Gasteiger partial charge is 0.305 e. The first-order valence-electron chi connectivity index (χ1n) is 4.27. The van der Waals surface area contributed by atoms with Gasteiger partial charge in [0, 0.05) is 19.3 Å². The third-order valence-electron chi connectivity index (χ3n) is 2.43. The molecule has 1 aliphatic rings. The van der Waals surface area contributed by atoms with Crippen LogP contribution in [0.25, 0.3) is 0 Å². The second-order valence-corrected chi connectivity index (χ2v) is 4.29. The minimum atomic E-state index is -0.793. The number of aromatic nitrogens is 2. The average molecular weight is 260 g/mol. The van der Waals surface area contributed by atoms with Gasteiger partial charge in [0.05, 0.1) is 12.0 Å². The minimum absolute atomic E-state index is 0.105. The maximum Gasteiger partial charge on any atom is 0.305 e. The molecule has 0 aliphatic carbocycles. The highest BCUT2D eigenvalue weighted by molar-refractivity contribution is 9.10. The highest BCUT2D eigenvalue weighted by atomic mass is 79.9. The van der Waals surface area contributed by atoms with Crippen LogP contribution in [0.5, 0.6) is 0 Å². The summed E-state index contributed by atoms with van der Waals surface area (Å²) in [6.07, 6.45) is 1.90. The van der Waals surface area contributed by atoms with Gasteiger partial charge in [-0.1, -0.05) is 0 Å². The molecule has 0 bridgehead atoms. The largest absolute Gasteiger partial charge is 0.481 e. The third-order valence-corrected chi connectivity index (χ3v) is 2.85. The Labute approximate surface area is 89.2 Å². The van der Waals surface area contributed by atoms with Gasteiger partial charge in [-0.25, -0.2) is 0 Å². The van der Waals surface area contributed by atoms with Crippen LogP contribution in [-0.4, -0.2) is 33.9 Å². The van der Waals surface area contributed by atoms with E-state index in [1.54, 1.807) is 10.9 Å². The molecule has 1 aromatic heterocycles. The van der Waals surface area contributed by atoms with Crippen LogP contribution < -0.4 is 5.32 Å². The number of carbonyl (C=O) groups is 1. The Bertz CT molecular complexity index is 359. The van der Waals surface area contributed by atoms with E-state index in [1.807, 2.05) is 6.07 Å². The van der Waals surface area contributed by atoms with Crippen LogP contribution in [0.2, 0.25) is 0 Å². The molecule has 0 atom stereocenters. The van der Waals surface area contributed by atoms with Crippen LogP contribution >= 0.6 is 15.9 Å². The summed E-state index contributed by atoms with van der Waals surface area (Å²) in [6, 6.07) is 1.81. The maximum absolute atomic E-state index is 10.7. The van der Waals surface area contributed by atoms with Crippen molar-refractivity contribution >= 4 is 21.9 Å². The molecule has 6 heteroatoms. The van der Waals surface area contributed by atoms with Crippen molar-refractivity contribution in [3.63, 3.8) is 0 Å². The SMILES string of the molecule is O=C(O)CC1(n2ccc(Br)n2)CNC1. The molecule has 2 N–H and O–H groups in total. The fourth-order valence-electron chi connectivity index (χ4n) is 1.63. The number of nitrogens with one attached hydrogen (secondary N) is 1. The first-order chi connectivity index (χ1) is 6.62. The molecule has 76 valence electrons. The van der Waals surface area contributed by atoms with E-state index in [1.165, 1.54) is 0 Å². The van der Waals surface area contributed by atoms with Gasteiger partial charge in [-0.15, -0.1) is 0 Å². The molecule has 2 heterocycles. The van der Waals surface area contributed by atoms with Crippen molar-refractivity contribution < 1.29 is 9.90 Å². The predicted octanol–water partition coefficient (Wildman–Crippen LogP) is 0.419. The number of aliphatic carboxylic acids is 1. The molecule has 1 aliphatic heterocycles. The number of nitrogens with zero attached hydrogens (tertiary/aromatic N) is 2. The summed E-state index contributed by atoms with van der Waals surface area (Å²) in [5.41, 5.74) is -0.377. The van der Waals surface area contributed by atoms with Crippen molar-refractivity contribution in [2.45, 2.75) is 12.0 Å². The Hall–Kier alpha value is -0.880. The van der Waals surface area contributed by atoms with E-state index in [0.717, 1.165) is 4.60 Å². The standard InChI is InChI=1S/C8H10BrN3O2/c9-6-1-2-12(11-6)8(3-7(13)14)4-10-5-8/h1-2,10H,3-5H2,(H,13,14). The lowest BCUT2D eigenvalue weighted by Crippen LogP contribution is -2.61. The van der Waals surface area contributed by atoms with Crippen LogP contribution in [0.4, 0.5) is 0 Å². The van der Waals surface area contributed by atoms with Crippen LogP contribution in [0.15, 0.2) is 16.9 Å². The van der Waals surface area contributed by atoms with Gasteiger partial charge < -0.3 is 10.4 Å². The third kappa shape index (κ3) is 1.55. The zero-order chi connectivity index (χ0) is 10.2. The van der Waals surface area contributed by atoms with Crippen LogP contribution in [-0.2, 0) is 10.3 Å². The fourth-order valence-corrected chi connectivity index (χ4v) is 1.92. The Morgan fingerprint density at radius 2 is 2.50 bits per heavy atom. The lowest BCUT2D eigenvalue weighted by atomic mass is 9.89. The molecule has 1 saturated heterocycles. The van der Waals surface area contributed by atoms with Gasteiger partial charge in [0.25, 0.3) is 0 Å². The maximum atomic E-state index is 10.7. The van der Waals surface area contributed by atoms with Gasteiger partial charge in [0.1, 0.15) is 4.60 Å². The number of halogens is 1. The summed E-state index contributed by atoms with van der Waals surface area (Å²) in [7, 11) is 0. The second kappa shape index (κ2) is 3.36. The Kier molecular flexibility index (Phi) is 2.32. The molecule has 14 heavy (non-hydrogen) atoms. The Morgan fingerprint density at radius 3 is 2.86 bits per heavy atom. The molecule has 0 aromatic carbocycles. The zero-order valence-electron chi connectivity index (χ0n) is 7.40. The molecule has 0 saturated carbocycles. The van der Waals surface area contributed by atoms with Crippen molar-refractivity contribution in [2.24, 2.45) is 0 Å². The number of hydrogen-bond acceptors (Lipinski definition) is 3. The van der Waals surface area contributed by atoms with Crippen LogP contribution in [0.3, 0.4) is 0 Å². The van der Waals surface area contributed by atoms with Crippen molar-refractivity contribution in [3.8, 4) is 0 Å². The molecular formula is C8H10BrN3O2. The van der Waals surface area contributed by atoms with E-state index in [-0.39, 0.29) is 12.0 Å². The quantitative estimate of drug-likeness (QED) is 0.826. The van der Waals surface area contributed by atoms with Crippen LogP contribution in [0, 0.1) is 0 Å². The average Bonchev–Trinajstić information content (AvgIpc) is 2.44. The number of carboxylic acids is 1. The summed E-state index contributed by atoms with van der Waals surface area (Å²) >= 11 is 3.24. The number of carboxylic acid groups (broad SMARTS) is 1. The van der Waals surface area contributed by atoms with Gasteiger partial charge in [-0.3, -0.25) is 9.48 Å². The summed E-state index contributed by atoms with van der Waals surface area (Å²) < 4.78 is 2.45. The topological polar surface area (TPSA) is 67.1 Å².